The van der Waals surface area contributed by atoms with Gasteiger partial charge in [-0.25, -0.2) is 31.9 Å². The number of alkyl halides is 5. The molecule has 230 valence electrons. The van der Waals surface area contributed by atoms with Crippen LogP contribution in [0.5, 0.6) is 5.75 Å². The highest BCUT2D eigenvalue weighted by Gasteiger charge is 2.31. The van der Waals surface area contributed by atoms with Gasteiger partial charge in [-0.1, -0.05) is 38.5 Å². The normalized spacial score (nSPS) is 17.0. The minimum atomic E-state index is -4.39. The summed E-state index contributed by atoms with van der Waals surface area (Å²) in [4.78, 5) is 7.14. The molecule has 0 bridgehead atoms. The Hall–Kier alpha value is -3.02. The van der Waals surface area contributed by atoms with Crippen LogP contribution in [0.3, 0.4) is 0 Å². The lowest BCUT2D eigenvalue weighted by Gasteiger charge is -2.27. The van der Waals surface area contributed by atoms with E-state index in [2.05, 4.69) is 26.3 Å². The minimum absolute atomic E-state index is 0.156. The molecule has 13 heteroatoms. The fraction of sp³-hybridized carbons (Fsp3) is 0.448. The van der Waals surface area contributed by atoms with Gasteiger partial charge in [-0.2, -0.15) is 0 Å². The monoisotopic (exact) mass is 626 g/mol. The maximum atomic E-state index is 14.4. The molecule has 42 heavy (non-hydrogen) atoms. The van der Waals surface area contributed by atoms with Crippen molar-refractivity contribution in [3.8, 4) is 28.3 Å². The Balaban J connectivity index is 0.000000291. The molecule has 3 aromatic rings. The van der Waals surface area contributed by atoms with E-state index < -0.39 is 51.5 Å². The lowest BCUT2D eigenvalue weighted by atomic mass is 9.79. The molecule has 1 aliphatic carbocycles. The number of hydrogen-bond donors (Lipinski definition) is 0. The highest BCUT2D eigenvalue weighted by molar-refractivity contribution is 6.20. The van der Waals surface area contributed by atoms with E-state index in [9.17, 15) is 39.5 Å². The summed E-state index contributed by atoms with van der Waals surface area (Å²) in [7, 11) is 0. The standard InChI is InChI=1S/C17H6ClF7N2O.C12H22F2/c18-17(24,25)28-15-12(22)1-7(2-13(15)23)14-10(20)3-8(4-11(14)21)16-26-5-9(19)6-27-16;13-9-2-1-3-11-4-6-12(7-5-11)8-10-14/h1-6H;11-12H,1-10H2. The first-order chi connectivity index (χ1) is 19.9. The molecule has 0 unspecified atom stereocenters. The molecule has 1 aliphatic rings. The number of halogens is 10. The van der Waals surface area contributed by atoms with Crippen molar-refractivity contribution in [2.24, 2.45) is 11.8 Å². The van der Waals surface area contributed by atoms with Gasteiger partial charge in [0.05, 0.1) is 31.3 Å². The lowest BCUT2D eigenvalue weighted by Crippen LogP contribution is -2.17. The van der Waals surface area contributed by atoms with Gasteiger partial charge in [0.15, 0.2) is 29.0 Å². The van der Waals surface area contributed by atoms with E-state index in [4.69, 9.17) is 0 Å². The second-order valence-corrected chi connectivity index (χ2v) is 10.3. The van der Waals surface area contributed by atoms with Gasteiger partial charge in [0, 0.05) is 17.2 Å². The largest absolute Gasteiger partial charge is 0.487 e. The second-order valence-electron chi connectivity index (χ2n) is 9.91. The highest BCUT2D eigenvalue weighted by Crippen LogP contribution is 2.36. The number of nitrogens with zero attached hydrogens (tertiary/aromatic N) is 2. The summed E-state index contributed by atoms with van der Waals surface area (Å²) in [5.74, 6) is -6.85. The van der Waals surface area contributed by atoms with Crippen LogP contribution in [0.4, 0.5) is 39.5 Å². The van der Waals surface area contributed by atoms with E-state index in [1.54, 1.807) is 0 Å². The number of ether oxygens (including phenoxy) is 1. The van der Waals surface area contributed by atoms with E-state index in [1.165, 1.54) is 32.1 Å². The molecule has 0 spiro atoms. The van der Waals surface area contributed by atoms with Crippen LogP contribution < -0.4 is 4.74 Å². The number of aromatic nitrogens is 2. The molecule has 2 aromatic carbocycles. The summed E-state index contributed by atoms with van der Waals surface area (Å²) < 4.78 is 122. The van der Waals surface area contributed by atoms with E-state index in [1.807, 2.05) is 0 Å². The SMILES string of the molecule is FCCCCC1CCC(CCF)CC1.Fc1cnc(-c2cc(F)c(-c3cc(F)c(OC(F)(F)Cl)c(F)c3)c(F)c2)nc1. The molecule has 4 rings (SSSR count). The van der Waals surface area contributed by atoms with Crippen LogP contribution >= 0.6 is 11.6 Å². The first kappa shape index (κ1) is 33.5. The smallest absolute Gasteiger partial charge is 0.414 e. The fourth-order valence-electron chi connectivity index (χ4n) is 4.85. The first-order valence-corrected chi connectivity index (χ1v) is 13.6. The van der Waals surface area contributed by atoms with Crippen molar-refractivity contribution >= 4 is 11.6 Å². The van der Waals surface area contributed by atoms with Gasteiger partial charge < -0.3 is 4.74 Å². The molecular weight excluding hydrogens is 599 g/mol. The van der Waals surface area contributed by atoms with E-state index in [0.717, 1.165) is 49.7 Å². The zero-order valence-corrected chi connectivity index (χ0v) is 23.0. The van der Waals surface area contributed by atoms with Crippen LogP contribution in [-0.2, 0) is 0 Å². The summed E-state index contributed by atoms with van der Waals surface area (Å²) in [5.41, 5.74) is -6.02. The third kappa shape index (κ3) is 9.78. The molecule has 0 radical (unpaired) electrons. The summed E-state index contributed by atoms with van der Waals surface area (Å²) in [6, 6.07) is 2.32. The molecule has 0 amide bonds. The molecule has 1 saturated carbocycles. The van der Waals surface area contributed by atoms with Gasteiger partial charge in [-0.15, -0.1) is 8.78 Å². The Morgan fingerprint density at radius 2 is 1.21 bits per heavy atom. The van der Waals surface area contributed by atoms with E-state index in [-0.39, 0.29) is 24.7 Å². The number of unbranched alkanes of at least 4 members (excludes halogenated alkanes) is 1. The first-order valence-electron chi connectivity index (χ1n) is 13.3. The molecule has 0 saturated heterocycles. The van der Waals surface area contributed by atoms with E-state index >= 15 is 0 Å². The molecule has 0 aliphatic heterocycles. The van der Waals surface area contributed by atoms with Gasteiger partial charge >= 0.3 is 5.57 Å². The molecule has 1 aromatic heterocycles. The zero-order chi connectivity index (χ0) is 30.9. The topological polar surface area (TPSA) is 35.0 Å². The quantitative estimate of drug-likeness (QED) is 0.128. The number of hydrogen-bond acceptors (Lipinski definition) is 3. The third-order valence-corrected chi connectivity index (χ3v) is 6.98. The minimum Gasteiger partial charge on any atom is -0.414 e. The van der Waals surface area contributed by atoms with Crippen LogP contribution in [0.1, 0.15) is 51.4 Å². The summed E-state index contributed by atoms with van der Waals surface area (Å²) in [6.45, 7) is -0.325. The van der Waals surface area contributed by atoms with Crippen molar-refractivity contribution in [2.75, 3.05) is 13.3 Å². The Bertz CT molecular complexity index is 1250. The van der Waals surface area contributed by atoms with Gasteiger partial charge in [-0.3, -0.25) is 8.78 Å². The van der Waals surface area contributed by atoms with Crippen LogP contribution in [-0.4, -0.2) is 28.9 Å². The van der Waals surface area contributed by atoms with Crippen molar-refractivity contribution in [1.82, 2.24) is 9.97 Å². The number of benzene rings is 2. The predicted octanol–water partition coefficient (Wildman–Crippen LogP) is 9.97. The third-order valence-electron chi connectivity index (χ3n) is 6.91. The van der Waals surface area contributed by atoms with Crippen molar-refractivity contribution in [1.29, 1.82) is 0 Å². The molecular formula is C29H28ClF9N2O. The summed E-state index contributed by atoms with van der Waals surface area (Å²) in [5, 5.41) is 0. The Labute approximate surface area is 242 Å². The lowest BCUT2D eigenvalue weighted by molar-refractivity contribution is -0.100. The Kier molecular flexibility index (Phi) is 12.3. The van der Waals surface area contributed by atoms with Crippen LogP contribution in [0.25, 0.3) is 22.5 Å². The molecule has 1 heterocycles. The van der Waals surface area contributed by atoms with Gasteiger partial charge in [0.25, 0.3) is 0 Å². The van der Waals surface area contributed by atoms with Crippen molar-refractivity contribution in [2.45, 2.75) is 56.9 Å². The fourth-order valence-corrected chi connectivity index (χ4v) is 4.92. The van der Waals surface area contributed by atoms with Crippen LogP contribution in [0.15, 0.2) is 36.7 Å². The molecule has 0 atom stereocenters. The maximum absolute atomic E-state index is 14.4. The van der Waals surface area contributed by atoms with Gasteiger partial charge in [0.1, 0.15) is 11.6 Å². The summed E-state index contributed by atoms with van der Waals surface area (Å²) >= 11 is 4.46. The van der Waals surface area contributed by atoms with Crippen molar-refractivity contribution in [3.05, 3.63) is 65.7 Å². The maximum Gasteiger partial charge on any atom is 0.487 e. The van der Waals surface area contributed by atoms with Crippen LogP contribution in [0, 0.1) is 40.9 Å². The Morgan fingerprint density at radius 1 is 0.714 bits per heavy atom. The molecule has 0 N–H and O–H groups in total. The zero-order valence-electron chi connectivity index (χ0n) is 22.3. The second kappa shape index (κ2) is 15.5. The Morgan fingerprint density at radius 3 is 1.69 bits per heavy atom. The van der Waals surface area contributed by atoms with E-state index in [0.29, 0.717) is 18.1 Å². The van der Waals surface area contributed by atoms with Crippen molar-refractivity contribution in [3.63, 3.8) is 0 Å². The van der Waals surface area contributed by atoms with Crippen LogP contribution in [0.2, 0.25) is 0 Å². The molecule has 3 nitrogen and oxygen atoms in total. The predicted molar refractivity (Wildman–Crippen MR) is 140 cm³/mol. The average molecular weight is 627 g/mol. The molecule has 1 fully saturated rings. The average Bonchev–Trinajstić information content (AvgIpc) is 2.92. The van der Waals surface area contributed by atoms with Gasteiger partial charge in [0.2, 0.25) is 0 Å². The number of rotatable bonds is 10. The van der Waals surface area contributed by atoms with Crippen molar-refractivity contribution < 1.29 is 44.3 Å². The summed E-state index contributed by atoms with van der Waals surface area (Å²) in [6.07, 6.45) is 10.2. The highest BCUT2D eigenvalue weighted by atomic mass is 35.5. The van der Waals surface area contributed by atoms with Gasteiger partial charge in [-0.05, 0) is 54.5 Å².